The van der Waals surface area contributed by atoms with Crippen molar-refractivity contribution < 1.29 is 4.79 Å². The number of primary amides is 1. The van der Waals surface area contributed by atoms with Crippen LogP contribution in [0.3, 0.4) is 0 Å². The van der Waals surface area contributed by atoms with Gasteiger partial charge in [-0.15, -0.1) is 0 Å². The van der Waals surface area contributed by atoms with Gasteiger partial charge in [-0.2, -0.15) is 0 Å². The Labute approximate surface area is 159 Å². The Morgan fingerprint density at radius 2 is 1.93 bits per heavy atom. The number of hydrogen-bond acceptors (Lipinski definition) is 4. The summed E-state index contributed by atoms with van der Waals surface area (Å²) in [5, 5.41) is 4.28. The first kappa shape index (κ1) is 17.6. The van der Waals surface area contributed by atoms with Gasteiger partial charge in [0.15, 0.2) is 0 Å². The van der Waals surface area contributed by atoms with Crippen LogP contribution in [-0.2, 0) is 6.42 Å². The standard InChI is InChI=1S/C22H24N4O/c1-14-25-20(18-8-5-9-19(22(23)27)21(18)26-14)11-17(10-15-12-24-13-15)16-6-3-2-4-7-16/h2-9,15,17,24H,10-13H2,1H3,(H2,23,27)/t17-/m0/s1. The van der Waals surface area contributed by atoms with E-state index >= 15 is 0 Å². The van der Waals surface area contributed by atoms with Crippen LogP contribution in [-0.4, -0.2) is 29.0 Å². The SMILES string of the molecule is Cc1nc(C[C@H](CC2CNC2)c2ccccc2)c2cccc(C(N)=O)c2n1. The molecule has 1 aliphatic heterocycles. The zero-order valence-corrected chi connectivity index (χ0v) is 15.5. The maximum Gasteiger partial charge on any atom is 0.250 e. The minimum absolute atomic E-state index is 0.382. The Hall–Kier alpha value is -2.79. The predicted molar refractivity (Wildman–Crippen MR) is 107 cm³/mol. The molecule has 5 heteroatoms. The number of amides is 1. The lowest BCUT2D eigenvalue weighted by Gasteiger charge is -2.31. The van der Waals surface area contributed by atoms with Crippen LogP contribution in [0.15, 0.2) is 48.5 Å². The second-order valence-electron chi connectivity index (χ2n) is 7.36. The average molecular weight is 360 g/mol. The lowest BCUT2D eigenvalue weighted by atomic mass is 9.83. The number of para-hydroxylation sites is 1. The summed E-state index contributed by atoms with van der Waals surface area (Å²) < 4.78 is 0. The van der Waals surface area contributed by atoms with Gasteiger partial charge in [0.1, 0.15) is 5.82 Å². The predicted octanol–water partition coefficient (Wildman–Crippen LogP) is 2.97. The summed E-state index contributed by atoms with van der Waals surface area (Å²) in [5.74, 6) is 1.30. The maximum absolute atomic E-state index is 11.8. The highest BCUT2D eigenvalue weighted by molar-refractivity contribution is 6.05. The monoisotopic (exact) mass is 360 g/mol. The van der Waals surface area contributed by atoms with Crippen LogP contribution in [0.5, 0.6) is 0 Å². The van der Waals surface area contributed by atoms with E-state index < -0.39 is 5.91 Å². The average Bonchev–Trinajstić information content (AvgIpc) is 2.63. The number of hydrogen-bond donors (Lipinski definition) is 2. The van der Waals surface area contributed by atoms with Gasteiger partial charge < -0.3 is 11.1 Å². The number of nitrogens with one attached hydrogen (secondary N) is 1. The van der Waals surface area contributed by atoms with E-state index in [-0.39, 0.29) is 0 Å². The van der Waals surface area contributed by atoms with Gasteiger partial charge in [0.25, 0.3) is 5.91 Å². The first-order valence-corrected chi connectivity index (χ1v) is 9.43. The summed E-state index contributed by atoms with van der Waals surface area (Å²) in [6, 6.07) is 16.2. The van der Waals surface area contributed by atoms with E-state index in [2.05, 4.69) is 40.6 Å². The van der Waals surface area contributed by atoms with E-state index in [0.29, 0.717) is 28.7 Å². The largest absolute Gasteiger partial charge is 0.366 e. The fourth-order valence-corrected chi connectivity index (χ4v) is 3.91. The van der Waals surface area contributed by atoms with Crippen LogP contribution >= 0.6 is 0 Å². The number of fused-ring (bicyclic) bond motifs is 1. The molecule has 1 saturated heterocycles. The van der Waals surface area contributed by atoms with Crippen molar-refractivity contribution in [2.45, 2.75) is 25.7 Å². The van der Waals surface area contributed by atoms with Gasteiger partial charge in [-0.05, 0) is 56.3 Å². The third-order valence-electron chi connectivity index (χ3n) is 5.38. The molecule has 1 amide bonds. The maximum atomic E-state index is 11.8. The molecule has 5 nitrogen and oxygen atoms in total. The van der Waals surface area contributed by atoms with Crippen LogP contribution < -0.4 is 11.1 Å². The van der Waals surface area contributed by atoms with E-state index in [4.69, 9.17) is 10.7 Å². The number of aryl methyl sites for hydroxylation is 1. The number of carbonyl (C=O) groups is 1. The van der Waals surface area contributed by atoms with Crippen LogP contribution in [0.25, 0.3) is 10.9 Å². The lowest BCUT2D eigenvalue weighted by Crippen LogP contribution is -2.42. The van der Waals surface area contributed by atoms with Gasteiger partial charge >= 0.3 is 0 Å². The smallest absolute Gasteiger partial charge is 0.250 e. The summed E-state index contributed by atoms with van der Waals surface area (Å²) in [5.41, 5.74) is 8.99. The summed E-state index contributed by atoms with van der Waals surface area (Å²) in [6.45, 7) is 4.03. The molecule has 27 heavy (non-hydrogen) atoms. The number of rotatable bonds is 6. The molecule has 2 heterocycles. The molecule has 138 valence electrons. The van der Waals surface area contributed by atoms with Crippen molar-refractivity contribution in [3.63, 3.8) is 0 Å². The summed E-state index contributed by atoms with van der Waals surface area (Å²) in [6.07, 6.45) is 1.94. The molecule has 3 aromatic rings. The van der Waals surface area contributed by atoms with E-state index in [1.807, 2.05) is 19.1 Å². The quantitative estimate of drug-likeness (QED) is 0.708. The van der Waals surface area contributed by atoms with Crippen molar-refractivity contribution in [1.82, 2.24) is 15.3 Å². The van der Waals surface area contributed by atoms with Crippen LogP contribution in [0.1, 0.15) is 39.8 Å². The molecular formula is C22H24N4O. The highest BCUT2D eigenvalue weighted by Gasteiger charge is 2.24. The van der Waals surface area contributed by atoms with E-state index in [0.717, 1.165) is 37.0 Å². The highest BCUT2D eigenvalue weighted by Crippen LogP contribution is 2.31. The topological polar surface area (TPSA) is 80.9 Å². The van der Waals surface area contributed by atoms with Gasteiger partial charge in [0.2, 0.25) is 0 Å². The van der Waals surface area contributed by atoms with Crippen molar-refractivity contribution in [1.29, 1.82) is 0 Å². The number of nitrogens with two attached hydrogens (primary N) is 1. The normalized spacial score (nSPS) is 15.4. The first-order chi connectivity index (χ1) is 13.1. The lowest BCUT2D eigenvalue weighted by molar-refractivity contribution is 0.100. The van der Waals surface area contributed by atoms with Crippen LogP contribution in [0, 0.1) is 12.8 Å². The minimum Gasteiger partial charge on any atom is -0.366 e. The fraction of sp³-hybridized carbons (Fsp3) is 0.318. The molecule has 1 aliphatic rings. The van der Waals surface area contributed by atoms with Crippen molar-refractivity contribution in [3.05, 3.63) is 71.2 Å². The molecule has 2 aromatic carbocycles. The molecule has 0 unspecified atom stereocenters. The zero-order valence-electron chi connectivity index (χ0n) is 15.5. The molecule has 1 atom stereocenters. The minimum atomic E-state index is -0.454. The van der Waals surface area contributed by atoms with Gasteiger partial charge in [0, 0.05) is 5.39 Å². The summed E-state index contributed by atoms with van der Waals surface area (Å²) in [7, 11) is 0. The van der Waals surface area contributed by atoms with Gasteiger partial charge in [-0.25, -0.2) is 9.97 Å². The van der Waals surface area contributed by atoms with E-state index in [1.165, 1.54) is 5.56 Å². The molecule has 1 fully saturated rings. The number of carbonyl (C=O) groups excluding carboxylic acids is 1. The third kappa shape index (κ3) is 3.69. The molecule has 4 rings (SSSR count). The molecular weight excluding hydrogens is 336 g/mol. The van der Waals surface area contributed by atoms with Gasteiger partial charge in [-0.3, -0.25) is 4.79 Å². The van der Waals surface area contributed by atoms with Crippen LogP contribution in [0.4, 0.5) is 0 Å². The fourth-order valence-electron chi connectivity index (χ4n) is 3.91. The number of benzene rings is 2. The second-order valence-corrected chi connectivity index (χ2v) is 7.36. The first-order valence-electron chi connectivity index (χ1n) is 9.43. The van der Waals surface area contributed by atoms with Crippen molar-refractivity contribution in [3.8, 4) is 0 Å². The number of aromatic nitrogens is 2. The summed E-state index contributed by atoms with van der Waals surface area (Å²) >= 11 is 0. The van der Waals surface area contributed by atoms with Crippen molar-refractivity contribution in [2.24, 2.45) is 11.7 Å². The molecule has 0 spiro atoms. The molecule has 1 aromatic heterocycles. The molecule has 0 radical (unpaired) electrons. The Morgan fingerprint density at radius 3 is 2.59 bits per heavy atom. The molecule has 3 N–H and O–H groups in total. The van der Waals surface area contributed by atoms with E-state index in [9.17, 15) is 4.79 Å². The number of nitrogens with zero attached hydrogens (tertiary/aromatic N) is 2. The van der Waals surface area contributed by atoms with Crippen molar-refractivity contribution >= 4 is 16.8 Å². The molecule has 0 saturated carbocycles. The van der Waals surface area contributed by atoms with Crippen LogP contribution in [0.2, 0.25) is 0 Å². The second kappa shape index (κ2) is 7.45. The Bertz CT molecular complexity index is 967. The highest BCUT2D eigenvalue weighted by atomic mass is 16.1. The molecule has 0 bridgehead atoms. The molecule has 0 aliphatic carbocycles. The van der Waals surface area contributed by atoms with Gasteiger partial charge in [-0.1, -0.05) is 42.5 Å². The van der Waals surface area contributed by atoms with Crippen molar-refractivity contribution in [2.75, 3.05) is 13.1 Å². The third-order valence-corrected chi connectivity index (χ3v) is 5.38. The Morgan fingerprint density at radius 1 is 1.15 bits per heavy atom. The summed E-state index contributed by atoms with van der Waals surface area (Å²) in [4.78, 5) is 21.1. The zero-order chi connectivity index (χ0) is 18.8. The van der Waals surface area contributed by atoms with E-state index in [1.54, 1.807) is 6.07 Å². The Kier molecular flexibility index (Phi) is 4.86. The van der Waals surface area contributed by atoms with Gasteiger partial charge in [0.05, 0.1) is 16.8 Å². The Balaban J connectivity index is 1.75.